The number of nitrogens with one attached hydrogen (secondary N) is 1. The van der Waals surface area contributed by atoms with Gasteiger partial charge in [0, 0.05) is 48.5 Å². The number of likely N-dealkylation sites (tertiary alicyclic amines) is 1. The van der Waals surface area contributed by atoms with E-state index in [-0.39, 0.29) is 23.0 Å². The van der Waals surface area contributed by atoms with Crippen molar-refractivity contribution in [3.05, 3.63) is 77.9 Å². The third kappa shape index (κ3) is 4.78. The van der Waals surface area contributed by atoms with Gasteiger partial charge < -0.3 is 19.3 Å². The number of hydrogen-bond acceptors (Lipinski definition) is 4. The largest absolute Gasteiger partial charge is 0.425 e. The molecule has 1 N–H and O–H groups in total. The van der Waals surface area contributed by atoms with Crippen molar-refractivity contribution in [3.63, 3.8) is 0 Å². The molecule has 0 aromatic heterocycles. The highest BCUT2D eigenvalue weighted by atomic mass is 19.4. The van der Waals surface area contributed by atoms with Crippen molar-refractivity contribution in [2.75, 3.05) is 19.6 Å². The zero-order valence-electron chi connectivity index (χ0n) is 25.7. The SMILES string of the molecule is C=CC[N+]1(CC(C)C)CC[C@]23C4C5=CC=CC4(NC(=O)C(=C(OC(C)=O)c4ccccc4)C(F)(F)F)O[C@H]2CCC[C@H]3[C@H]1C5. The number of piperidine rings is 1. The van der Waals surface area contributed by atoms with Crippen LogP contribution in [0.2, 0.25) is 0 Å². The average Bonchev–Trinajstić information content (AvgIpc) is 3.23. The number of alkyl halides is 3. The fraction of sp³-hybridized carbons (Fsp3) is 0.543. The van der Waals surface area contributed by atoms with Gasteiger partial charge in [-0.25, -0.2) is 0 Å². The van der Waals surface area contributed by atoms with Gasteiger partial charge in [-0.15, -0.1) is 0 Å². The highest BCUT2D eigenvalue weighted by Crippen LogP contribution is 2.70. The second-order valence-electron chi connectivity index (χ2n) is 13.7. The molecular formula is C35H42F3N2O4+. The van der Waals surface area contributed by atoms with Crippen molar-refractivity contribution in [2.24, 2.45) is 23.2 Å². The molecule has 1 aromatic rings. The number of carbonyl (C=O) groups excluding carboxylic acids is 2. The van der Waals surface area contributed by atoms with Crippen molar-refractivity contribution in [2.45, 2.75) is 76.9 Å². The standard InChI is InChI=1S/C35H41F3N2O4/c1-5-18-40(21-22(2)3)19-17-33-26-14-9-15-28(33)44-34(16-10-13-25(31(33)34)20-27(26)40)39-32(42)29(35(36,37)38)30(43-23(4)41)24-11-7-6-8-12-24/h5-8,10-13,16,22,26-28,31H,1,9,14-15,17-21H2,2-4H3/p+1/t26-,27+,28-,31?,33+,34?,40?/m0/s1. The number of amides is 1. The summed E-state index contributed by atoms with van der Waals surface area (Å²) in [5, 5.41) is 2.76. The summed E-state index contributed by atoms with van der Waals surface area (Å²) in [6.07, 6.45) is 6.89. The van der Waals surface area contributed by atoms with Gasteiger partial charge in [-0.2, -0.15) is 13.2 Å². The summed E-state index contributed by atoms with van der Waals surface area (Å²) in [5.74, 6) is -2.59. The highest BCUT2D eigenvalue weighted by molar-refractivity contribution is 6.03. The van der Waals surface area contributed by atoms with Crippen molar-refractivity contribution >= 4 is 17.6 Å². The summed E-state index contributed by atoms with van der Waals surface area (Å²) in [6.45, 7) is 12.5. The van der Waals surface area contributed by atoms with E-state index in [1.807, 2.05) is 12.2 Å². The molecule has 6 rings (SSSR count). The van der Waals surface area contributed by atoms with E-state index in [9.17, 15) is 22.8 Å². The van der Waals surface area contributed by atoms with E-state index >= 15 is 0 Å². The van der Waals surface area contributed by atoms with Crippen LogP contribution in [-0.4, -0.2) is 60.0 Å². The molecule has 1 amide bonds. The Morgan fingerprint density at radius 3 is 2.64 bits per heavy atom. The molecule has 5 aliphatic rings. The fourth-order valence-corrected chi connectivity index (χ4v) is 9.75. The molecule has 2 heterocycles. The number of esters is 1. The third-order valence-electron chi connectivity index (χ3n) is 10.8. The van der Waals surface area contributed by atoms with E-state index in [1.165, 1.54) is 24.3 Å². The lowest BCUT2D eigenvalue weighted by atomic mass is 9.46. The molecule has 1 aromatic carbocycles. The molecule has 6 nitrogen and oxygen atoms in total. The quantitative estimate of drug-likeness (QED) is 0.120. The van der Waals surface area contributed by atoms with Crippen molar-refractivity contribution in [1.82, 2.24) is 5.32 Å². The van der Waals surface area contributed by atoms with Gasteiger partial charge in [-0.1, -0.05) is 74.9 Å². The Kier molecular flexibility index (Phi) is 7.72. The Morgan fingerprint density at radius 2 is 1.98 bits per heavy atom. The van der Waals surface area contributed by atoms with Gasteiger partial charge in [0.1, 0.15) is 0 Å². The number of carbonyl (C=O) groups is 2. The first-order chi connectivity index (χ1) is 20.9. The number of halogens is 3. The summed E-state index contributed by atoms with van der Waals surface area (Å²) in [7, 11) is 0. The van der Waals surface area contributed by atoms with E-state index < -0.39 is 35.1 Å². The van der Waals surface area contributed by atoms with Crippen LogP contribution in [0, 0.1) is 23.2 Å². The normalized spacial score (nSPS) is 35.8. The first kappa shape index (κ1) is 30.8. The minimum Gasteiger partial charge on any atom is -0.425 e. The molecule has 44 heavy (non-hydrogen) atoms. The van der Waals surface area contributed by atoms with E-state index in [1.54, 1.807) is 12.1 Å². The molecular weight excluding hydrogens is 569 g/mol. The Labute approximate surface area is 257 Å². The molecule has 7 atom stereocenters. The van der Waals surface area contributed by atoms with Gasteiger partial charge in [-0.05, 0) is 25.0 Å². The molecule has 3 aliphatic carbocycles. The smallest absolute Gasteiger partial charge is 0.425 e. The molecule has 2 bridgehead atoms. The molecule has 1 spiro atoms. The second-order valence-corrected chi connectivity index (χ2v) is 13.7. The van der Waals surface area contributed by atoms with Crippen LogP contribution in [0.5, 0.6) is 0 Å². The Hall–Kier alpha value is -3.17. The van der Waals surface area contributed by atoms with Gasteiger partial charge in [0.05, 0.1) is 31.8 Å². The molecule has 0 radical (unpaired) electrons. The number of rotatable bonds is 8. The molecule has 236 valence electrons. The van der Waals surface area contributed by atoms with Crippen molar-refractivity contribution in [3.8, 4) is 0 Å². The average molecular weight is 612 g/mol. The first-order valence-electron chi connectivity index (χ1n) is 15.8. The second kappa shape index (κ2) is 11.0. The van der Waals surface area contributed by atoms with Crippen LogP contribution >= 0.6 is 0 Å². The minimum atomic E-state index is -5.11. The zero-order chi connectivity index (χ0) is 31.5. The predicted molar refractivity (Wildman–Crippen MR) is 160 cm³/mol. The number of allylic oxidation sites excluding steroid dienone is 2. The highest BCUT2D eigenvalue weighted by Gasteiger charge is 2.75. The summed E-state index contributed by atoms with van der Waals surface area (Å²) in [4.78, 5) is 25.9. The van der Waals surface area contributed by atoms with Crippen LogP contribution in [0.15, 0.2) is 72.4 Å². The van der Waals surface area contributed by atoms with Crippen molar-refractivity contribution in [1.29, 1.82) is 0 Å². The topological polar surface area (TPSA) is 64.6 Å². The van der Waals surface area contributed by atoms with E-state index in [2.05, 4.69) is 31.8 Å². The lowest BCUT2D eigenvalue weighted by Crippen LogP contribution is -2.73. The maximum atomic E-state index is 14.8. The summed E-state index contributed by atoms with van der Waals surface area (Å²) >= 11 is 0. The van der Waals surface area contributed by atoms with Gasteiger partial charge in [-0.3, -0.25) is 9.59 Å². The Morgan fingerprint density at radius 1 is 1.23 bits per heavy atom. The van der Waals surface area contributed by atoms with Crippen LogP contribution < -0.4 is 5.32 Å². The molecule has 4 fully saturated rings. The summed E-state index contributed by atoms with van der Waals surface area (Å²) in [6, 6.07) is 7.82. The van der Waals surface area contributed by atoms with E-state index in [0.717, 1.165) is 68.7 Å². The van der Waals surface area contributed by atoms with Crippen LogP contribution in [0.4, 0.5) is 13.2 Å². The summed E-state index contributed by atoms with van der Waals surface area (Å²) < 4.78 is 57.2. The zero-order valence-corrected chi connectivity index (χ0v) is 25.7. The van der Waals surface area contributed by atoms with E-state index in [4.69, 9.17) is 9.47 Å². The lowest BCUT2D eigenvalue weighted by molar-refractivity contribution is -0.961. The van der Waals surface area contributed by atoms with Gasteiger partial charge in [0.2, 0.25) is 0 Å². The number of nitrogens with zero attached hydrogens (tertiary/aromatic N) is 1. The molecule has 2 saturated carbocycles. The van der Waals surface area contributed by atoms with Gasteiger partial charge >= 0.3 is 12.1 Å². The number of ether oxygens (including phenoxy) is 2. The van der Waals surface area contributed by atoms with Crippen LogP contribution in [0.3, 0.4) is 0 Å². The van der Waals surface area contributed by atoms with Crippen LogP contribution in [-0.2, 0) is 19.1 Å². The van der Waals surface area contributed by atoms with Gasteiger partial charge in [0.15, 0.2) is 17.1 Å². The number of quaternary nitrogens is 1. The van der Waals surface area contributed by atoms with E-state index in [0.29, 0.717) is 17.9 Å². The molecule has 2 saturated heterocycles. The maximum Gasteiger partial charge on any atom is 0.425 e. The molecule has 2 aliphatic heterocycles. The monoisotopic (exact) mass is 611 g/mol. The number of benzene rings is 1. The molecule has 9 heteroatoms. The molecule has 3 unspecified atom stereocenters. The van der Waals surface area contributed by atoms with Gasteiger partial charge in [0.25, 0.3) is 5.91 Å². The third-order valence-corrected chi connectivity index (χ3v) is 10.8. The maximum absolute atomic E-state index is 14.8. The Balaban J connectivity index is 1.44. The lowest BCUT2D eigenvalue weighted by Gasteiger charge is -2.65. The van der Waals surface area contributed by atoms with Crippen molar-refractivity contribution < 1.29 is 36.7 Å². The fourth-order valence-electron chi connectivity index (χ4n) is 9.75. The minimum absolute atomic E-state index is 0.0172. The van der Waals surface area contributed by atoms with Crippen LogP contribution in [0.1, 0.15) is 58.4 Å². The van der Waals surface area contributed by atoms with Crippen LogP contribution in [0.25, 0.3) is 5.76 Å². The first-order valence-corrected chi connectivity index (χ1v) is 15.8. The predicted octanol–water partition coefficient (Wildman–Crippen LogP) is 6.47. The summed E-state index contributed by atoms with van der Waals surface area (Å²) in [5.41, 5.74) is -2.16. The Bertz CT molecular complexity index is 1430. The number of hydrogen-bond donors (Lipinski definition) is 1.